The fourth-order valence-electron chi connectivity index (χ4n) is 1.68. The Morgan fingerprint density at radius 1 is 1.29 bits per heavy atom. The predicted molar refractivity (Wildman–Crippen MR) is 83.8 cm³/mol. The molecule has 0 N–H and O–H groups in total. The Bertz CT molecular complexity index is 426. The van der Waals surface area contributed by atoms with Crippen LogP contribution in [0.3, 0.4) is 0 Å². The standard InChI is InChI=1S/C14H21IO6/c1-8(16)18-7-12-11(19-9(2)17)6-10(15)13(20-12)21-14(3,4)5/h6,11-13H,7H2,1-5H3. The van der Waals surface area contributed by atoms with Gasteiger partial charge in [-0.25, -0.2) is 0 Å². The molecule has 0 aromatic rings. The highest BCUT2D eigenvalue weighted by molar-refractivity contribution is 14.1. The minimum atomic E-state index is -0.603. The zero-order valence-electron chi connectivity index (χ0n) is 12.8. The van der Waals surface area contributed by atoms with E-state index in [0.717, 1.165) is 3.58 Å². The van der Waals surface area contributed by atoms with Gasteiger partial charge in [-0.1, -0.05) is 0 Å². The van der Waals surface area contributed by atoms with Crippen molar-refractivity contribution in [2.24, 2.45) is 0 Å². The lowest BCUT2D eigenvalue weighted by Gasteiger charge is -2.36. The molecule has 0 aliphatic carbocycles. The Balaban J connectivity index is 2.85. The Hall–Kier alpha value is -0.670. The molecule has 3 unspecified atom stereocenters. The van der Waals surface area contributed by atoms with Gasteiger partial charge in [-0.2, -0.15) is 0 Å². The summed E-state index contributed by atoms with van der Waals surface area (Å²) in [4.78, 5) is 22.1. The summed E-state index contributed by atoms with van der Waals surface area (Å²) in [5, 5.41) is 0. The van der Waals surface area contributed by atoms with Gasteiger partial charge < -0.3 is 18.9 Å². The quantitative estimate of drug-likeness (QED) is 0.522. The van der Waals surface area contributed by atoms with Gasteiger partial charge in [-0.3, -0.25) is 9.59 Å². The number of ether oxygens (including phenoxy) is 4. The van der Waals surface area contributed by atoms with Gasteiger partial charge in [0.2, 0.25) is 0 Å². The van der Waals surface area contributed by atoms with Crippen LogP contribution >= 0.6 is 22.6 Å². The third-order valence-electron chi connectivity index (χ3n) is 2.43. The van der Waals surface area contributed by atoms with Crippen molar-refractivity contribution in [1.29, 1.82) is 0 Å². The minimum absolute atomic E-state index is 0.00228. The van der Waals surface area contributed by atoms with Crippen LogP contribution in [0.15, 0.2) is 9.66 Å². The molecular weight excluding hydrogens is 391 g/mol. The van der Waals surface area contributed by atoms with E-state index in [1.165, 1.54) is 13.8 Å². The van der Waals surface area contributed by atoms with Crippen molar-refractivity contribution in [3.05, 3.63) is 9.66 Å². The monoisotopic (exact) mass is 412 g/mol. The topological polar surface area (TPSA) is 71.1 Å². The van der Waals surface area contributed by atoms with Crippen LogP contribution in [0.2, 0.25) is 0 Å². The summed E-state index contributed by atoms with van der Waals surface area (Å²) in [6, 6.07) is 0. The molecule has 0 bridgehead atoms. The van der Waals surface area contributed by atoms with Gasteiger partial charge in [-0.15, -0.1) is 0 Å². The van der Waals surface area contributed by atoms with E-state index < -0.39 is 36.0 Å². The van der Waals surface area contributed by atoms with Crippen molar-refractivity contribution in [2.45, 2.75) is 58.7 Å². The number of carbonyl (C=O) groups excluding carboxylic acids is 2. The number of esters is 2. The minimum Gasteiger partial charge on any atom is -0.463 e. The third kappa shape index (κ3) is 6.75. The molecule has 1 rings (SSSR count). The lowest BCUT2D eigenvalue weighted by Crippen LogP contribution is -2.45. The van der Waals surface area contributed by atoms with Crippen LogP contribution in [0.4, 0.5) is 0 Å². The lowest BCUT2D eigenvalue weighted by molar-refractivity contribution is -0.224. The van der Waals surface area contributed by atoms with Crippen LogP contribution in [0.25, 0.3) is 0 Å². The van der Waals surface area contributed by atoms with Gasteiger partial charge in [0.05, 0.1) is 5.60 Å². The molecule has 0 amide bonds. The van der Waals surface area contributed by atoms with Crippen LogP contribution in [-0.4, -0.2) is 42.6 Å². The highest BCUT2D eigenvalue weighted by atomic mass is 127. The smallest absolute Gasteiger partial charge is 0.303 e. The van der Waals surface area contributed by atoms with Gasteiger partial charge in [0, 0.05) is 17.4 Å². The van der Waals surface area contributed by atoms with Gasteiger partial charge >= 0.3 is 11.9 Å². The van der Waals surface area contributed by atoms with E-state index in [1.807, 2.05) is 20.8 Å². The van der Waals surface area contributed by atoms with Crippen LogP contribution in [0, 0.1) is 0 Å². The molecule has 120 valence electrons. The molecule has 0 aromatic carbocycles. The number of rotatable bonds is 4. The lowest BCUT2D eigenvalue weighted by atomic mass is 10.1. The highest BCUT2D eigenvalue weighted by Gasteiger charge is 2.36. The molecule has 0 fully saturated rings. The molecule has 6 nitrogen and oxygen atoms in total. The first-order valence-corrected chi connectivity index (χ1v) is 7.67. The van der Waals surface area contributed by atoms with E-state index >= 15 is 0 Å². The van der Waals surface area contributed by atoms with Crippen LogP contribution in [0.5, 0.6) is 0 Å². The molecule has 7 heteroatoms. The van der Waals surface area contributed by atoms with Crippen molar-refractivity contribution >= 4 is 34.5 Å². The van der Waals surface area contributed by atoms with Gasteiger partial charge in [0.25, 0.3) is 0 Å². The molecular formula is C14H21IO6. The van der Waals surface area contributed by atoms with Gasteiger partial charge in [-0.05, 0) is 49.4 Å². The second kappa shape index (κ2) is 7.55. The molecule has 1 aliphatic rings. The molecule has 3 atom stereocenters. The maximum atomic E-state index is 11.2. The first-order chi connectivity index (χ1) is 9.58. The SMILES string of the molecule is CC(=O)OCC1OC(OC(C)(C)C)C(I)=CC1OC(C)=O. The molecule has 1 heterocycles. The van der Waals surface area contributed by atoms with Crippen molar-refractivity contribution in [2.75, 3.05) is 6.61 Å². The van der Waals surface area contributed by atoms with E-state index in [0.29, 0.717) is 0 Å². The molecule has 0 saturated heterocycles. The highest BCUT2D eigenvalue weighted by Crippen LogP contribution is 2.30. The van der Waals surface area contributed by atoms with Crippen molar-refractivity contribution in [1.82, 2.24) is 0 Å². The fourth-order valence-corrected chi connectivity index (χ4v) is 2.31. The molecule has 0 saturated carbocycles. The number of hydrogen-bond donors (Lipinski definition) is 0. The molecule has 0 radical (unpaired) electrons. The number of hydrogen-bond acceptors (Lipinski definition) is 6. The summed E-state index contributed by atoms with van der Waals surface area (Å²) in [7, 11) is 0. The Labute approximate surface area is 138 Å². The molecule has 21 heavy (non-hydrogen) atoms. The zero-order valence-corrected chi connectivity index (χ0v) is 15.0. The van der Waals surface area contributed by atoms with E-state index in [2.05, 4.69) is 22.6 Å². The Morgan fingerprint density at radius 2 is 1.90 bits per heavy atom. The second-order valence-corrected chi connectivity index (χ2v) is 6.91. The van der Waals surface area contributed by atoms with Crippen LogP contribution in [0.1, 0.15) is 34.6 Å². The van der Waals surface area contributed by atoms with Crippen LogP contribution < -0.4 is 0 Å². The average molecular weight is 412 g/mol. The summed E-state index contributed by atoms with van der Waals surface area (Å²) >= 11 is 2.08. The summed E-state index contributed by atoms with van der Waals surface area (Å²) in [6.45, 7) is 8.38. The fraction of sp³-hybridized carbons (Fsp3) is 0.714. The Kier molecular flexibility index (Phi) is 6.61. The summed E-state index contributed by atoms with van der Waals surface area (Å²) in [5.41, 5.74) is -0.394. The van der Waals surface area contributed by atoms with Crippen molar-refractivity contribution < 1.29 is 28.5 Å². The van der Waals surface area contributed by atoms with Crippen molar-refractivity contribution in [3.8, 4) is 0 Å². The number of halogens is 1. The molecule has 0 aromatic heterocycles. The van der Waals surface area contributed by atoms with Gasteiger partial charge in [0.1, 0.15) is 12.7 Å². The second-order valence-electron chi connectivity index (χ2n) is 5.66. The summed E-state index contributed by atoms with van der Waals surface area (Å²) in [6.07, 6.45) is -0.00838. The van der Waals surface area contributed by atoms with Crippen molar-refractivity contribution in [3.63, 3.8) is 0 Å². The normalized spacial score (nSPS) is 26.0. The maximum Gasteiger partial charge on any atom is 0.303 e. The zero-order chi connectivity index (χ0) is 16.2. The van der Waals surface area contributed by atoms with Crippen LogP contribution in [-0.2, 0) is 28.5 Å². The summed E-state index contributed by atoms with van der Waals surface area (Å²) in [5.74, 6) is -0.843. The largest absolute Gasteiger partial charge is 0.463 e. The predicted octanol–water partition coefficient (Wildman–Crippen LogP) is 2.34. The molecule has 1 aliphatic heterocycles. The average Bonchev–Trinajstić information content (AvgIpc) is 2.28. The van der Waals surface area contributed by atoms with E-state index in [1.54, 1.807) is 6.08 Å². The first-order valence-electron chi connectivity index (χ1n) is 6.59. The third-order valence-corrected chi connectivity index (χ3v) is 3.30. The Morgan fingerprint density at radius 3 is 2.38 bits per heavy atom. The first kappa shape index (κ1) is 18.4. The molecule has 0 spiro atoms. The van der Waals surface area contributed by atoms with E-state index in [4.69, 9.17) is 18.9 Å². The number of carbonyl (C=O) groups is 2. The van der Waals surface area contributed by atoms with Gasteiger partial charge in [0.15, 0.2) is 12.4 Å². The maximum absolute atomic E-state index is 11.2. The van der Waals surface area contributed by atoms with E-state index in [9.17, 15) is 9.59 Å². The van der Waals surface area contributed by atoms with E-state index in [-0.39, 0.29) is 6.61 Å². The summed E-state index contributed by atoms with van der Waals surface area (Å²) < 4.78 is 22.5.